The van der Waals surface area contributed by atoms with Crippen LogP contribution in [0, 0.1) is 0 Å². The highest BCUT2D eigenvalue weighted by atomic mass is 35.5. The molecule has 0 aliphatic rings. The Balaban J connectivity index is 1.71. The molecule has 4 nitrogen and oxygen atoms in total. The van der Waals surface area contributed by atoms with E-state index in [9.17, 15) is 9.59 Å². The maximum absolute atomic E-state index is 12.5. The summed E-state index contributed by atoms with van der Waals surface area (Å²) in [7, 11) is 0. The van der Waals surface area contributed by atoms with Crippen molar-refractivity contribution in [2.45, 2.75) is 19.8 Å². The number of aryl methyl sites for hydroxylation is 1. The Bertz CT molecular complexity index is 916. The van der Waals surface area contributed by atoms with Gasteiger partial charge >= 0.3 is 0 Å². The highest BCUT2D eigenvalue weighted by Crippen LogP contribution is 2.25. The maximum atomic E-state index is 12.5. The number of aromatic nitrogens is 1. The Morgan fingerprint density at radius 3 is 2.60 bits per heavy atom. The van der Waals surface area contributed by atoms with E-state index in [-0.39, 0.29) is 11.8 Å². The largest absolute Gasteiger partial charge is 0.352 e. The third-order valence-electron chi connectivity index (χ3n) is 4.12. The lowest BCUT2D eigenvalue weighted by atomic mass is 10.1. The lowest BCUT2D eigenvalue weighted by molar-refractivity contribution is 0.0941. The van der Waals surface area contributed by atoms with E-state index in [0.717, 1.165) is 18.2 Å². The number of carbonyl (C=O) groups excluding carboxylic acids is 2. The van der Waals surface area contributed by atoms with Crippen LogP contribution in [0.2, 0.25) is 5.02 Å². The predicted octanol–water partition coefficient (Wildman–Crippen LogP) is 4.32. The smallest absolute Gasteiger partial charge is 0.253 e. The van der Waals surface area contributed by atoms with Crippen LogP contribution in [0.3, 0.4) is 0 Å². The Kier molecular flexibility index (Phi) is 5.19. The molecule has 0 saturated carbocycles. The Morgan fingerprint density at radius 2 is 1.88 bits per heavy atom. The lowest BCUT2D eigenvalue weighted by Gasteiger charge is -2.05. The van der Waals surface area contributed by atoms with E-state index in [1.54, 1.807) is 24.4 Å². The molecule has 25 heavy (non-hydrogen) atoms. The molecule has 1 aromatic heterocycles. The van der Waals surface area contributed by atoms with Crippen molar-refractivity contribution in [3.8, 4) is 0 Å². The van der Waals surface area contributed by atoms with Crippen molar-refractivity contribution >= 4 is 34.3 Å². The summed E-state index contributed by atoms with van der Waals surface area (Å²) in [5.74, 6) is -0.337. The van der Waals surface area contributed by atoms with Crippen molar-refractivity contribution in [2.75, 3.05) is 6.54 Å². The summed E-state index contributed by atoms with van der Waals surface area (Å²) in [5, 5.41) is 4.18. The average molecular weight is 355 g/mol. The van der Waals surface area contributed by atoms with Gasteiger partial charge in [-0.2, -0.15) is 0 Å². The Hall–Kier alpha value is -2.59. The number of halogens is 1. The third-order valence-corrected chi connectivity index (χ3v) is 4.36. The van der Waals surface area contributed by atoms with E-state index >= 15 is 0 Å². The maximum Gasteiger partial charge on any atom is 0.253 e. The van der Waals surface area contributed by atoms with Crippen LogP contribution in [0.4, 0.5) is 0 Å². The summed E-state index contributed by atoms with van der Waals surface area (Å²) in [6, 6.07) is 15.4. The summed E-state index contributed by atoms with van der Waals surface area (Å²) < 4.78 is 1.46. The van der Waals surface area contributed by atoms with Gasteiger partial charge in [0.15, 0.2) is 0 Å². The average Bonchev–Trinajstić information content (AvgIpc) is 2.98. The van der Waals surface area contributed by atoms with E-state index in [1.165, 1.54) is 17.1 Å². The molecule has 3 rings (SSSR count). The van der Waals surface area contributed by atoms with Gasteiger partial charge in [-0.1, -0.05) is 48.0 Å². The number of amides is 1. The number of rotatable bonds is 5. The first kappa shape index (κ1) is 17.2. The molecular formula is C20H19ClN2O2. The Morgan fingerprint density at radius 1 is 1.12 bits per heavy atom. The zero-order chi connectivity index (χ0) is 17.8. The van der Waals surface area contributed by atoms with Gasteiger partial charge in [0.25, 0.3) is 5.91 Å². The second-order valence-corrected chi connectivity index (χ2v) is 6.37. The molecule has 128 valence electrons. The highest BCUT2D eigenvalue weighted by molar-refractivity contribution is 6.31. The van der Waals surface area contributed by atoms with Crippen LogP contribution < -0.4 is 5.32 Å². The number of nitrogens with zero attached hydrogens (tertiary/aromatic N) is 1. The summed E-state index contributed by atoms with van der Waals surface area (Å²) in [6.07, 6.45) is 3.34. The molecule has 2 aromatic carbocycles. The quantitative estimate of drug-likeness (QED) is 0.694. The molecule has 0 aliphatic heterocycles. The number of nitrogens with one attached hydrogen (secondary N) is 1. The van der Waals surface area contributed by atoms with E-state index < -0.39 is 0 Å². The summed E-state index contributed by atoms with van der Waals surface area (Å²) in [6.45, 7) is 2.04. The Labute approximate surface area is 151 Å². The number of hydrogen-bond donors (Lipinski definition) is 1. The molecule has 0 radical (unpaired) electrons. The van der Waals surface area contributed by atoms with Crippen molar-refractivity contribution in [1.82, 2.24) is 9.88 Å². The van der Waals surface area contributed by atoms with Gasteiger partial charge in [-0.05, 0) is 30.5 Å². The van der Waals surface area contributed by atoms with E-state index in [1.807, 2.05) is 18.2 Å². The van der Waals surface area contributed by atoms with Crippen LogP contribution in [0.25, 0.3) is 10.9 Å². The molecular weight excluding hydrogens is 336 g/mol. The molecule has 1 amide bonds. The van der Waals surface area contributed by atoms with Gasteiger partial charge in [0, 0.05) is 30.1 Å². The first-order valence-electron chi connectivity index (χ1n) is 8.20. The SMILES string of the molecule is CC(=O)n1cc(C(=O)NCCCc2ccccc2)c2ccc(Cl)cc21. The fourth-order valence-corrected chi connectivity index (χ4v) is 3.04. The minimum Gasteiger partial charge on any atom is -0.352 e. The first-order chi connectivity index (χ1) is 12.1. The summed E-state index contributed by atoms with van der Waals surface area (Å²) in [4.78, 5) is 24.3. The third kappa shape index (κ3) is 3.91. The molecule has 1 N–H and O–H groups in total. The summed E-state index contributed by atoms with van der Waals surface area (Å²) in [5.41, 5.74) is 2.38. The van der Waals surface area contributed by atoms with Gasteiger partial charge < -0.3 is 5.32 Å². The van der Waals surface area contributed by atoms with Crippen molar-refractivity contribution in [2.24, 2.45) is 0 Å². The molecule has 0 atom stereocenters. The summed E-state index contributed by atoms with van der Waals surface area (Å²) >= 11 is 6.02. The molecule has 0 saturated heterocycles. The van der Waals surface area contributed by atoms with Crippen molar-refractivity contribution in [1.29, 1.82) is 0 Å². The molecule has 1 heterocycles. The fourth-order valence-electron chi connectivity index (χ4n) is 2.88. The molecule has 0 spiro atoms. The van der Waals surface area contributed by atoms with Gasteiger partial charge in [-0.25, -0.2) is 0 Å². The molecule has 3 aromatic rings. The van der Waals surface area contributed by atoms with Crippen LogP contribution in [0.15, 0.2) is 54.7 Å². The van der Waals surface area contributed by atoms with E-state index in [2.05, 4.69) is 17.4 Å². The van der Waals surface area contributed by atoms with Crippen molar-refractivity contribution in [3.63, 3.8) is 0 Å². The van der Waals surface area contributed by atoms with Crippen LogP contribution in [-0.4, -0.2) is 22.9 Å². The number of fused-ring (bicyclic) bond motifs is 1. The van der Waals surface area contributed by atoms with E-state index in [0.29, 0.717) is 22.6 Å². The van der Waals surface area contributed by atoms with Crippen LogP contribution >= 0.6 is 11.6 Å². The van der Waals surface area contributed by atoms with Crippen LogP contribution in [0.5, 0.6) is 0 Å². The fraction of sp³-hybridized carbons (Fsp3) is 0.200. The van der Waals surface area contributed by atoms with Crippen LogP contribution in [0.1, 0.15) is 34.1 Å². The molecule has 0 unspecified atom stereocenters. The van der Waals surface area contributed by atoms with Gasteiger partial charge in [0.2, 0.25) is 5.91 Å². The molecule has 0 bridgehead atoms. The molecule has 0 fully saturated rings. The number of benzene rings is 2. The lowest BCUT2D eigenvalue weighted by Crippen LogP contribution is -2.24. The second-order valence-electron chi connectivity index (χ2n) is 5.94. The molecule has 0 aliphatic carbocycles. The minimum absolute atomic E-state index is 0.157. The zero-order valence-electron chi connectivity index (χ0n) is 14.0. The second kappa shape index (κ2) is 7.53. The zero-order valence-corrected chi connectivity index (χ0v) is 14.7. The minimum atomic E-state index is -0.180. The first-order valence-corrected chi connectivity index (χ1v) is 8.58. The standard InChI is InChI=1S/C20H19ClN2O2/c1-14(24)23-13-18(17-10-9-16(21)12-19(17)23)20(25)22-11-5-8-15-6-3-2-4-7-15/h2-4,6-7,9-10,12-13H,5,8,11H2,1H3,(H,22,25). The van der Waals surface area contributed by atoms with E-state index in [4.69, 9.17) is 11.6 Å². The topological polar surface area (TPSA) is 51.1 Å². The van der Waals surface area contributed by atoms with Crippen molar-refractivity contribution < 1.29 is 9.59 Å². The van der Waals surface area contributed by atoms with Gasteiger partial charge in [0.1, 0.15) is 0 Å². The number of carbonyl (C=O) groups is 2. The monoisotopic (exact) mass is 354 g/mol. The van der Waals surface area contributed by atoms with Crippen molar-refractivity contribution in [3.05, 3.63) is 70.9 Å². The van der Waals surface area contributed by atoms with Gasteiger partial charge in [0.05, 0.1) is 11.1 Å². The van der Waals surface area contributed by atoms with Gasteiger partial charge in [-0.3, -0.25) is 14.2 Å². The predicted molar refractivity (Wildman–Crippen MR) is 100 cm³/mol. The molecule has 5 heteroatoms. The van der Waals surface area contributed by atoms with Crippen LogP contribution in [-0.2, 0) is 6.42 Å². The number of hydrogen-bond acceptors (Lipinski definition) is 2. The normalized spacial score (nSPS) is 10.8. The highest BCUT2D eigenvalue weighted by Gasteiger charge is 2.16. The van der Waals surface area contributed by atoms with Gasteiger partial charge in [-0.15, -0.1) is 0 Å².